The highest BCUT2D eigenvalue weighted by Gasteiger charge is 2.19. The fourth-order valence-electron chi connectivity index (χ4n) is 2.01. The molecule has 1 aromatic rings. The first-order valence-corrected chi connectivity index (χ1v) is 5.63. The molecule has 0 atom stereocenters. The number of likely N-dealkylation sites (N-methyl/N-ethyl adjacent to an activating group) is 1. The van der Waals surface area contributed by atoms with E-state index in [-0.39, 0.29) is 0 Å². The molecule has 0 saturated carbocycles. The molecule has 1 aliphatic heterocycles. The first kappa shape index (κ1) is 9.99. The number of anilines is 1. The summed E-state index contributed by atoms with van der Waals surface area (Å²) in [4.78, 5) is 2.32. The number of hydrogen-bond donors (Lipinski definition) is 1. The molecule has 0 aromatic heterocycles. The van der Waals surface area contributed by atoms with Crippen molar-refractivity contribution in [3.8, 4) is 0 Å². The van der Waals surface area contributed by atoms with Crippen LogP contribution in [0, 0.1) is 6.92 Å². The fourth-order valence-corrected chi connectivity index (χ4v) is 2.72. The third-order valence-electron chi connectivity index (χ3n) is 2.92. The predicted octanol–water partition coefficient (Wildman–Crippen LogP) is 2.33. The van der Waals surface area contributed by atoms with E-state index in [4.69, 9.17) is 5.73 Å². The van der Waals surface area contributed by atoms with Gasteiger partial charge in [0.15, 0.2) is 0 Å². The van der Waals surface area contributed by atoms with Crippen molar-refractivity contribution < 1.29 is 0 Å². The van der Waals surface area contributed by atoms with Gasteiger partial charge in [-0.15, -0.1) is 0 Å². The molecule has 1 heterocycles. The summed E-state index contributed by atoms with van der Waals surface area (Å²) < 4.78 is 1.20. The number of nitrogen functional groups attached to an aromatic ring is 1. The molecule has 0 aliphatic carbocycles. The number of benzene rings is 1. The third kappa shape index (κ3) is 1.55. The van der Waals surface area contributed by atoms with Gasteiger partial charge in [-0.1, -0.05) is 15.9 Å². The summed E-state index contributed by atoms with van der Waals surface area (Å²) in [7, 11) is 2.14. The standard InChI is InChI=1S/C11H15BrN2/c1-7-5-10(12)9-6-14(2)4-3-8(9)11(7)13/h5H,3-4,6,13H2,1-2H3. The minimum absolute atomic E-state index is 0.983. The summed E-state index contributed by atoms with van der Waals surface area (Å²) in [5.74, 6) is 0. The Morgan fingerprint density at radius 2 is 2.14 bits per heavy atom. The van der Waals surface area contributed by atoms with E-state index in [1.807, 2.05) is 0 Å². The normalized spacial score (nSPS) is 16.8. The molecule has 2 rings (SSSR count). The van der Waals surface area contributed by atoms with E-state index in [2.05, 4.69) is 40.9 Å². The van der Waals surface area contributed by atoms with Gasteiger partial charge in [0.1, 0.15) is 0 Å². The van der Waals surface area contributed by atoms with Crippen molar-refractivity contribution in [2.45, 2.75) is 19.9 Å². The molecule has 3 heteroatoms. The van der Waals surface area contributed by atoms with Crippen LogP contribution in [0.25, 0.3) is 0 Å². The fraction of sp³-hybridized carbons (Fsp3) is 0.455. The molecule has 14 heavy (non-hydrogen) atoms. The van der Waals surface area contributed by atoms with Gasteiger partial charge in [-0.2, -0.15) is 0 Å². The largest absolute Gasteiger partial charge is 0.398 e. The van der Waals surface area contributed by atoms with Crippen LogP contribution in [0.1, 0.15) is 16.7 Å². The number of nitrogens with zero attached hydrogens (tertiary/aromatic N) is 1. The highest BCUT2D eigenvalue weighted by atomic mass is 79.9. The third-order valence-corrected chi connectivity index (χ3v) is 3.62. The maximum absolute atomic E-state index is 6.08. The summed E-state index contributed by atoms with van der Waals surface area (Å²) in [5, 5.41) is 0. The van der Waals surface area contributed by atoms with Crippen LogP contribution in [0.15, 0.2) is 10.5 Å². The molecule has 1 aromatic carbocycles. The number of rotatable bonds is 0. The predicted molar refractivity (Wildman–Crippen MR) is 63.3 cm³/mol. The summed E-state index contributed by atoms with van der Waals surface area (Å²) in [6.07, 6.45) is 1.07. The van der Waals surface area contributed by atoms with E-state index < -0.39 is 0 Å². The molecular weight excluding hydrogens is 240 g/mol. The smallest absolute Gasteiger partial charge is 0.0380 e. The van der Waals surface area contributed by atoms with Gasteiger partial charge in [-0.3, -0.25) is 0 Å². The van der Waals surface area contributed by atoms with Crippen LogP contribution in [0.4, 0.5) is 5.69 Å². The number of aryl methyl sites for hydroxylation is 1. The first-order chi connectivity index (χ1) is 6.59. The molecule has 0 saturated heterocycles. The molecule has 0 amide bonds. The van der Waals surface area contributed by atoms with Crippen molar-refractivity contribution in [2.24, 2.45) is 0 Å². The van der Waals surface area contributed by atoms with Gasteiger partial charge >= 0.3 is 0 Å². The quantitative estimate of drug-likeness (QED) is 0.721. The molecule has 0 fully saturated rings. The van der Waals surface area contributed by atoms with Crippen LogP contribution in [-0.2, 0) is 13.0 Å². The second-order valence-corrected chi connectivity index (χ2v) is 4.89. The van der Waals surface area contributed by atoms with Gasteiger partial charge in [-0.05, 0) is 43.1 Å². The summed E-state index contributed by atoms with van der Waals surface area (Å²) in [5.41, 5.74) is 10.9. The van der Waals surface area contributed by atoms with Crippen LogP contribution in [-0.4, -0.2) is 18.5 Å². The molecule has 76 valence electrons. The van der Waals surface area contributed by atoms with Crippen LogP contribution >= 0.6 is 15.9 Å². The Bertz CT molecular complexity index is 374. The average Bonchev–Trinajstić information content (AvgIpc) is 2.14. The minimum atomic E-state index is 0.983. The van der Waals surface area contributed by atoms with Gasteiger partial charge in [0, 0.05) is 23.2 Å². The number of halogens is 1. The minimum Gasteiger partial charge on any atom is -0.398 e. The summed E-state index contributed by atoms with van der Waals surface area (Å²) in [6.45, 7) is 4.17. The van der Waals surface area contributed by atoms with E-state index in [0.29, 0.717) is 0 Å². The highest BCUT2D eigenvalue weighted by molar-refractivity contribution is 9.10. The lowest BCUT2D eigenvalue weighted by molar-refractivity contribution is 0.312. The van der Waals surface area contributed by atoms with E-state index in [0.717, 1.165) is 25.2 Å². The topological polar surface area (TPSA) is 29.3 Å². The zero-order valence-corrected chi connectivity index (χ0v) is 10.2. The molecule has 0 radical (unpaired) electrons. The highest BCUT2D eigenvalue weighted by Crippen LogP contribution is 2.32. The molecule has 0 unspecified atom stereocenters. The van der Waals surface area contributed by atoms with E-state index in [9.17, 15) is 0 Å². The Kier molecular flexibility index (Phi) is 2.54. The van der Waals surface area contributed by atoms with E-state index in [1.54, 1.807) is 0 Å². The molecular formula is C11H15BrN2. The van der Waals surface area contributed by atoms with Gasteiger partial charge in [-0.25, -0.2) is 0 Å². The van der Waals surface area contributed by atoms with Crippen molar-refractivity contribution in [1.82, 2.24) is 4.90 Å². The zero-order valence-electron chi connectivity index (χ0n) is 8.60. The van der Waals surface area contributed by atoms with Crippen LogP contribution in [0.2, 0.25) is 0 Å². The van der Waals surface area contributed by atoms with Crippen molar-refractivity contribution in [1.29, 1.82) is 0 Å². The van der Waals surface area contributed by atoms with Crippen LogP contribution in [0.5, 0.6) is 0 Å². The second-order valence-electron chi connectivity index (χ2n) is 4.03. The lowest BCUT2D eigenvalue weighted by atomic mass is 9.95. The number of hydrogen-bond acceptors (Lipinski definition) is 2. The zero-order chi connectivity index (χ0) is 10.3. The van der Waals surface area contributed by atoms with Gasteiger partial charge in [0.2, 0.25) is 0 Å². The summed E-state index contributed by atoms with van der Waals surface area (Å²) >= 11 is 3.61. The summed E-state index contributed by atoms with van der Waals surface area (Å²) in [6, 6.07) is 2.12. The number of nitrogens with two attached hydrogens (primary N) is 1. The van der Waals surface area contributed by atoms with Crippen molar-refractivity contribution in [3.63, 3.8) is 0 Å². The van der Waals surface area contributed by atoms with Crippen molar-refractivity contribution >= 4 is 21.6 Å². The van der Waals surface area contributed by atoms with Gasteiger partial charge < -0.3 is 10.6 Å². The number of fused-ring (bicyclic) bond motifs is 1. The molecule has 2 nitrogen and oxygen atoms in total. The Balaban J connectivity index is 2.57. The average molecular weight is 255 g/mol. The molecule has 0 spiro atoms. The Morgan fingerprint density at radius 3 is 2.86 bits per heavy atom. The van der Waals surface area contributed by atoms with E-state index in [1.165, 1.54) is 21.2 Å². The maximum Gasteiger partial charge on any atom is 0.0380 e. The van der Waals surface area contributed by atoms with Gasteiger partial charge in [0.25, 0.3) is 0 Å². The monoisotopic (exact) mass is 254 g/mol. The van der Waals surface area contributed by atoms with Crippen LogP contribution in [0.3, 0.4) is 0 Å². The first-order valence-electron chi connectivity index (χ1n) is 4.84. The van der Waals surface area contributed by atoms with Crippen LogP contribution < -0.4 is 5.73 Å². The van der Waals surface area contributed by atoms with E-state index >= 15 is 0 Å². The maximum atomic E-state index is 6.08. The Morgan fingerprint density at radius 1 is 1.43 bits per heavy atom. The lowest BCUT2D eigenvalue weighted by Gasteiger charge is -2.27. The molecule has 0 bridgehead atoms. The van der Waals surface area contributed by atoms with Crippen molar-refractivity contribution in [2.75, 3.05) is 19.3 Å². The molecule has 2 N–H and O–H groups in total. The van der Waals surface area contributed by atoms with Gasteiger partial charge in [0.05, 0.1) is 0 Å². The Labute approximate surface area is 93.2 Å². The molecule has 1 aliphatic rings. The second kappa shape index (κ2) is 3.55. The SMILES string of the molecule is Cc1cc(Br)c2c(c1N)CCN(C)C2. The lowest BCUT2D eigenvalue weighted by Crippen LogP contribution is -2.27. The Hall–Kier alpha value is -0.540. The van der Waals surface area contributed by atoms with Crippen molar-refractivity contribution in [3.05, 3.63) is 27.2 Å².